The quantitative estimate of drug-likeness (QED) is 0.293. The van der Waals surface area contributed by atoms with Crippen LogP contribution in [0.3, 0.4) is 0 Å². The highest BCUT2D eigenvalue weighted by atomic mass is 79.9. The monoisotopic (exact) mass is 602 g/mol. The normalized spacial score (nSPS) is 14.8. The van der Waals surface area contributed by atoms with E-state index < -0.39 is 17.8 Å². The third-order valence-electron chi connectivity index (χ3n) is 5.09. The van der Waals surface area contributed by atoms with Crippen LogP contribution in [0.1, 0.15) is 11.1 Å². The van der Waals surface area contributed by atoms with Crippen molar-refractivity contribution in [2.45, 2.75) is 6.61 Å². The second-order valence-corrected chi connectivity index (χ2v) is 9.06. The van der Waals surface area contributed by atoms with Gasteiger partial charge < -0.3 is 9.47 Å². The van der Waals surface area contributed by atoms with Crippen molar-refractivity contribution < 1.29 is 28.2 Å². The Bertz CT molecular complexity index is 1340. The number of hydrogen-bond acceptors (Lipinski definition) is 5. The lowest BCUT2D eigenvalue weighted by Crippen LogP contribution is -2.54. The van der Waals surface area contributed by atoms with Gasteiger partial charge in [0.05, 0.1) is 21.7 Å². The van der Waals surface area contributed by atoms with Crippen LogP contribution in [0.2, 0.25) is 0 Å². The molecule has 1 aliphatic heterocycles. The lowest BCUT2D eigenvalue weighted by molar-refractivity contribution is -0.122. The number of nitrogens with zero attached hydrogens (tertiary/aromatic N) is 1. The Balaban J connectivity index is 1.60. The van der Waals surface area contributed by atoms with E-state index in [1.807, 2.05) is 0 Å². The molecule has 10 heteroatoms. The molecule has 0 unspecified atom stereocenters. The number of barbiturate groups is 1. The SMILES string of the molecule is COc1ccc(N2C(=O)NC(=O)/C(=C\c3cc(Br)c(OCc4ccccc4F)c(Br)c3)C2=O)cc1. The lowest BCUT2D eigenvalue weighted by atomic mass is 10.1. The highest BCUT2D eigenvalue weighted by Gasteiger charge is 2.36. The zero-order valence-electron chi connectivity index (χ0n) is 18.2. The average Bonchev–Trinajstić information content (AvgIpc) is 2.82. The largest absolute Gasteiger partial charge is 0.497 e. The summed E-state index contributed by atoms with van der Waals surface area (Å²) in [7, 11) is 1.50. The molecule has 35 heavy (non-hydrogen) atoms. The Hall–Kier alpha value is -3.50. The number of benzene rings is 3. The first kappa shape index (κ1) is 24.6. The van der Waals surface area contributed by atoms with Gasteiger partial charge in [0.25, 0.3) is 11.8 Å². The van der Waals surface area contributed by atoms with Gasteiger partial charge in [0.2, 0.25) is 0 Å². The maximum Gasteiger partial charge on any atom is 0.335 e. The lowest BCUT2D eigenvalue weighted by Gasteiger charge is -2.26. The molecule has 1 heterocycles. The molecule has 0 saturated carbocycles. The minimum Gasteiger partial charge on any atom is -0.497 e. The average molecular weight is 604 g/mol. The fraction of sp³-hybridized carbons (Fsp3) is 0.0800. The number of carbonyl (C=O) groups excluding carboxylic acids is 3. The van der Waals surface area contributed by atoms with Crippen molar-refractivity contribution in [1.82, 2.24) is 5.32 Å². The van der Waals surface area contributed by atoms with Gasteiger partial charge in [0.15, 0.2) is 0 Å². The number of hydrogen-bond donors (Lipinski definition) is 1. The second kappa shape index (κ2) is 10.4. The Morgan fingerprint density at radius 2 is 1.66 bits per heavy atom. The second-order valence-electron chi connectivity index (χ2n) is 7.35. The summed E-state index contributed by atoms with van der Waals surface area (Å²) in [4.78, 5) is 38.8. The summed E-state index contributed by atoms with van der Waals surface area (Å²) in [5, 5.41) is 2.19. The van der Waals surface area contributed by atoms with Gasteiger partial charge in [0.1, 0.15) is 29.5 Å². The van der Waals surface area contributed by atoms with Gasteiger partial charge >= 0.3 is 6.03 Å². The van der Waals surface area contributed by atoms with Gasteiger partial charge in [0, 0.05) is 5.56 Å². The molecule has 1 N–H and O–H groups in total. The Morgan fingerprint density at radius 3 is 2.29 bits per heavy atom. The smallest absolute Gasteiger partial charge is 0.335 e. The van der Waals surface area contributed by atoms with Crippen LogP contribution >= 0.6 is 31.9 Å². The molecule has 7 nitrogen and oxygen atoms in total. The summed E-state index contributed by atoms with van der Waals surface area (Å²) in [6.07, 6.45) is 1.37. The van der Waals surface area contributed by atoms with E-state index in [0.29, 0.717) is 31.6 Å². The fourth-order valence-electron chi connectivity index (χ4n) is 3.36. The number of rotatable bonds is 6. The van der Waals surface area contributed by atoms with Crippen molar-refractivity contribution in [3.05, 3.63) is 92.1 Å². The Labute approximate surface area is 216 Å². The van der Waals surface area contributed by atoms with Gasteiger partial charge in [-0.15, -0.1) is 0 Å². The minimum atomic E-state index is -0.846. The number of urea groups is 1. The topological polar surface area (TPSA) is 84.9 Å². The van der Waals surface area contributed by atoms with Crippen molar-refractivity contribution >= 4 is 61.5 Å². The van der Waals surface area contributed by atoms with Gasteiger partial charge in [-0.2, -0.15) is 0 Å². The standard InChI is InChI=1S/C25H17Br2FN2O5/c1-34-17-8-6-16(7-9-17)30-24(32)18(23(31)29-25(30)33)10-14-11-19(26)22(20(27)12-14)35-13-15-4-2-3-5-21(15)28/h2-12H,13H2,1H3,(H,29,31,33)/b18-10+. The van der Waals surface area contributed by atoms with Gasteiger partial charge in [-0.3, -0.25) is 14.9 Å². The summed E-state index contributed by atoms with van der Waals surface area (Å²) in [6, 6.07) is 15.0. The molecule has 0 aromatic heterocycles. The summed E-state index contributed by atoms with van der Waals surface area (Å²) in [5.74, 6) is -0.978. The maximum absolute atomic E-state index is 13.9. The molecular weight excluding hydrogens is 587 g/mol. The molecule has 4 rings (SSSR count). The number of nitrogens with one attached hydrogen (secondary N) is 1. The third kappa shape index (κ3) is 5.28. The van der Waals surface area contributed by atoms with Crippen molar-refractivity contribution in [2.75, 3.05) is 12.0 Å². The maximum atomic E-state index is 13.9. The summed E-state index contributed by atoms with van der Waals surface area (Å²) in [5.41, 5.74) is 0.944. The zero-order chi connectivity index (χ0) is 25.1. The highest BCUT2D eigenvalue weighted by Crippen LogP contribution is 2.36. The first-order valence-electron chi connectivity index (χ1n) is 10.2. The summed E-state index contributed by atoms with van der Waals surface area (Å²) < 4.78 is 25.8. The van der Waals surface area contributed by atoms with Crippen LogP contribution in [-0.2, 0) is 16.2 Å². The molecule has 0 bridgehead atoms. The van der Waals surface area contributed by atoms with Crippen LogP contribution in [0.25, 0.3) is 6.08 Å². The number of amides is 4. The van der Waals surface area contributed by atoms with Crippen LogP contribution in [0.4, 0.5) is 14.9 Å². The number of imide groups is 2. The predicted molar refractivity (Wildman–Crippen MR) is 135 cm³/mol. The van der Waals surface area contributed by atoms with Crippen LogP contribution in [0.5, 0.6) is 11.5 Å². The van der Waals surface area contributed by atoms with E-state index in [2.05, 4.69) is 37.2 Å². The predicted octanol–water partition coefficient (Wildman–Crippen LogP) is 5.60. The molecular formula is C25H17Br2FN2O5. The van der Waals surface area contributed by atoms with E-state index in [4.69, 9.17) is 9.47 Å². The van der Waals surface area contributed by atoms with E-state index in [1.54, 1.807) is 54.6 Å². The molecule has 0 radical (unpaired) electrons. The number of carbonyl (C=O) groups is 3. The van der Waals surface area contributed by atoms with Crippen molar-refractivity contribution in [3.8, 4) is 11.5 Å². The molecule has 3 aromatic rings. The Morgan fingerprint density at radius 1 is 1.00 bits per heavy atom. The molecule has 0 aliphatic carbocycles. The van der Waals surface area contributed by atoms with Crippen molar-refractivity contribution in [3.63, 3.8) is 0 Å². The highest BCUT2D eigenvalue weighted by molar-refractivity contribution is 9.11. The van der Waals surface area contributed by atoms with E-state index >= 15 is 0 Å². The first-order chi connectivity index (χ1) is 16.8. The minimum absolute atomic E-state index is 0.00410. The van der Waals surface area contributed by atoms with Crippen LogP contribution < -0.4 is 19.7 Å². The van der Waals surface area contributed by atoms with Gasteiger partial charge in [-0.25, -0.2) is 14.1 Å². The van der Waals surface area contributed by atoms with E-state index in [0.717, 1.165) is 4.90 Å². The summed E-state index contributed by atoms with van der Waals surface area (Å²) in [6.45, 7) is 0.00410. The number of ether oxygens (including phenoxy) is 2. The molecule has 1 aliphatic rings. The van der Waals surface area contributed by atoms with Crippen LogP contribution in [-0.4, -0.2) is 25.0 Å². The molecule has 0 atom stereocenters. The molecule has 1 saturated heterocycles. The van der Waals surface area contributed by atoms with E-state index in [9.17, 15) is 18.8 Å². The van der Waals surface area contributed by atoms with Crippen molar-refractivity contribution in [1.29, 1.82) is 0 Å². The van der Waals surface area contributed by atoms with Crippen LogP contribution in [0, 0.1) is 5.82 Å². The Kier molecular flexibility index (Phi) is 7.32. The number of halogens is 3. The first-order valence-corrected chi connectivity index (χ1v) is 11.8. The molecule has 0 spiro atoms. The zero-order valence-corrected chi connectivity index (χ0v) is 21.4. The number of anilines is 1. The van der Waals surface area contributed by atoms with Crippen LogP contribution in [0.15, 0.2) is 75.2 Å². The summed E-state index contributed by atoms with van der Waals surface area (Å²) >= 11 is 6.83. The number of methoxy groups -OCH3 is 1. The molecule has 3 aromatic carbocycles. The molecule has 1 fully saturated rings. The van der Waals surface area contributed by atoms with E-state index in [1.165, 1.54) is 19.3 Å². The molecule has 178 valence electrons. The third-order valence-corrected chi connectivity index (χ3v) is 6.27. The molecule has 4 amide bonds. The van der Waals surface area contributed by atoms with Gasteiger partial charge in [-0.05, 0) is 86.0 Å². The van der Waals surface area contributed by atoms with Crippen molar-refractivity contribution in [2.24, 2.45) is 0 Å². The fourth-order valence-corrected chi connectivity index (χ4v) is 4.81. The van der Waals surface area contributed by atoms with E-state index in [-0.39, 0.29) is 23.7 Å². The van der Waals surface area contributed by atoms with Gasteiger partial charge in [-0.1, -0.05) is 18.2 Å².